The van der Waals surface area contributed by atoms with Crippen LogP contribution in [0.2, 0.25) is 0 Å². The van der Waals surface area contributed by atoms with E-state index in [0.29, 0.717) is 25.7 Å². The van der Waals surface area contributed by atoms with Gasteiger partial charge in [0.2, 0.25) is 0 Å². The largest absolute Gasteiger partial charge is 0.472 e. The van der Waals surface area contributed by atoms with Crippen LogP contribution < -0.4 is 0 Å². The number of rotatable bonds is 77. The molecule has 0 aliphatic carbocycles. The van der Waals surface area contributed by atoms with E-state index in [2.05, 4.69) is 34.6 Å². The minimum Gasteiger partial charge on any atom is -0.462 e. The number of ether oxygens (including phenoxy) is 4. The third kappa shape index (κ3) is 70.5. The summed E-state index contributed by atoms with van der Waals surface area (Å²) in [4.78, 5) is 72.6. The highest BCUT2D eigenvalue weighted by Gasteiger charge is 2.30. The van der Waals surface area contributed by atoms with Gasteiger partial charge in [-0.25, -0.2) is 9.13 Å². The van der Waals surface area contributed by atoms with Crippen molar-refractivity contribution in [1.82, 2.24) is 0 Å². The monoisotopic (exact) mass is 1410 g/mol. The molecule has 0 saturated heterocycles. The summed E-state index contributed by atoms with van der Waals surface area (Å²) in [5.74, 6) is -1.34. The van der Waals surface area contributed by atoms with E-state index in [1.54, 1.807) is 0 Å². The molecule has 0 radical (unpaired) electrons. The zero-order valence-electron chi connectivity index (χ0n) is 62.5. The van der Waals surface area contributed by atoms with Gasteiger partial charge in [0.25, 0.3) is 0 Å². The Labute approximate surface area is 588 Å². The standard InChI is InChI=1S/C77H150O17P2/c1-6-9-12-15-17-19-21-23-25-26-27-28-29-30-32-34-40-44-48-53-58-63-77(82)94-73(67-88-75(80)61-56-51-46-42-38-36-35-37-41-45-50-54-59-70(4)5)69-92-96(85,86)90-65-71(78)64-89-95(83,84)91-68-72(66-87-74(79)60-55-49-14-11-8-3)93-76(81)62-57-52-47-43-39-33-31-24-22-20-18-16-13-10-7-2/h70-73,78H,6-69H2,1-5H3,(H,83,84)(H,85,86)/t71-,72+,73+/m0/s1. The van der Waals surface area contributed by atoms with E-state index in [4.69, 9.17) is 37.0 Å². The molecule has 3 N–H and O–H groups in total. The Morgan fingerprint density at radius 3 is 0.708 bits per heavy atom. The van der Waals surface area contributed by atoms with E-state index >= 15 is 0 Å². The number of phosphoric acid groups is 2. The predicted octanol–water partition coefficient (Wildman–Crippen LogP) is 22.9. The number of aliphatic hydroxyl groups is 1. The molecule has 19 heteroatoms. The van der Waals surface area contributed by atoms with Gasteiger partial charge in [-0.3, -0.25) is 37.3 Å². The van der Waals surface area contributed by atoms with Crippen molar-refractivity contribution in [3.8, 4) is 0 Å². The molecule has 96 heavy (non-hydrogen) atoms. The second kappa shape index (κ2) is 70.1. The second-order valence-electron chi connectivity index (χ2n) is 28.2. The summed E-state index contributed by atoms with van der Waals surface area (Å²) in [6, 6.07) is 0. The molecule has 0 aromatic carbocycles. The zero-order valence-corrected chi connectivity index (χ0v) is 64.3. The molecule has 0 saturated carbocycles. The van der Waals surface area contributed by atoms with Gasteiger partial charge in [0.15, 0.2) is 12.2 Å². The molecule has 0 heterocycles. The lowest BCUT2D eigenvalue weighted by atomic mass is 10.0. The average Bonchev–Trinajstić information content (AvgIpc) is 2.69. The van der Waals surface area contributed by atoms with Crippen molar-refractivity contribution in [3.05, 3.63) is 0 Å². The van der Waals surface area contributed by atoms with E-state index in [1.165, 1.54) is 225 Å². The highest BCUT2D eigenvalue weighted by molar-refractivity contribution is 7.47. The summed E-state index contributed by atoms with van der Waals surface area (Å²) in [6.45, 7) is 7.23. The minimum absolute atomic E-state index is 0.107. The Bertz CT molecular complexity index is 1840. The molecule has 0 aromatic rings. The van der Waals surface area contributed by atoms with Crippen molar-refractivity contribution in [2.45, 2.75) is 425 Å². The van der Waals surface area contributed by atoms with Gasteiger partial charge >= 0.3 is 39.5 Å². The van der Waals surface area contributed by atoms with E-state index in [0.717, 1.165) is 102 Å². The quantitative estimate of drug-likeness (QED) is 0.0222. The van der Waals surface area contributed by atoms with Crippen LogP contribution in [0.4, 0.5) is 0 Å². The Balaban J connectivity index is 5.11. The summed E-state index contributed by atoms with van der Waals surface area (Å²) >= 11 is 0. The maximum atomic E-state index is 13.1. The minimum atomic E-state index is -4.96. The molecule has 0 aliphatic rings. The van der Waals surface area contributed by atoms with Gasteiger partial charge < -0.3 is 33.8 Å². The smallest absolute Gasteiger partial charge is 0.462 e. The molecule has 0 bridgehead atoms. The van der Waals surface area contributed by atoms with E-state index in [1.807, 2.05) is 0 Å². The zero-order chi connectivity index (χ0) is 70.5. The predicted molar refractivity (Wildman–Crippen MR) is 391 cm³/mol. The van der Waals surface area contributed by atoms with E-state index < -0.39 is 97.5 Å². The maximum absolute atomic E-state index is 13.1. The highest BCUT2D eigenvalue weighted by atomic mass is 31.2. The molecule has 0 spiro atoms. The van der Waals surface area contributed by atoms with Crippen molar-refractivity contribution in [3.63, 3.8) is 0 Å². The average molecular weight is 1410 g/mol. The number of aliphatic hydroxyl groups excluding tert-OH is 1. The van der Waals surface area contributed by atoms with Crippen LogP contribution >= 0.6 is 15.6 Å². The lowest BCUT2D eigenvalue weighted by Gasteiger charge is -2.21. The molecule has 0 amide bonds. The maximum Gasteiger partial charge on any atom is 0.472 e. The lowest BCUT2D eigenvalue weighted by molar-refractivity contribution is -0.161. The molecule has 17 nitrogen and oxygen atoms in total. The van der Waals surface area contributed by atoms with E-state index in [-0.39, 0.29) is 25.7 Å². The summed E-state index contributed by atoms with van der Waals surface area (Å²) in [5.41, 5.74) is 0. The normalized spacial score (nSPS) is 13.9. The van der Waals surface area contributed by atoms with Crippen LogP contribution in [0.25, 0.3) is 0 Å². The first-order valence-electron chi connectivity index (χ1n) is 40.1. The molecule has 0 aromatic heterocycles. The molecular weight excluding hydrogens is 1260 g/mol. The summed E-state index contributed by atoms with van der Waals surface area (Å²) in [6.07, 6.45) is 60.1. The number of hydrogen-bond acceptors (Lipinski definition) is 15. The third-order valence-electron chi connectivity index (χ3n) is 18.0. The van der Waals surface area contributed by atoms with Crippen molar-refractivity contribution in [1.29, 1.82) is 0 Å². The van der Waals surface area contributed by atoms with Crippen LogP contribution in [0.15, 0.2) is 0 Å². The van der Waals surface area contributed by atoms with Gasteiger partial charge in [-0.05, 0) is 31.6 Å². The van der Waals surface area contributed by atoms with Gasteiger partial charge in [-0.15, -0.1) is 0 Å². The molecule has 0 aliphatic heterocycles. The van der Waals surface area contributed by atoms with Crippen molar-refractivity contribution in [2.24, 2.45) is 5.92 Å². The number of hydrogen-bond donors (Lipinski definition) is 3. The van der Waals surface area contributed by atoms with Gasteiger partial charge in [0, 0.05) is 25.7 Å². The number of unbranched alkanes of at least 4 members (excludes halogenated alkanes) is 49. The first kappa shape index (κ1) is 94.1. The fourth-order valence-corrected chi connectivity index (χ4v) is 13.5. The van der Waals surface area contributed by atoms with Crippen molar-refractivity contribution < 1.29 is 80.2 Å². The molecular formula is C77H150O17P2. The van der Waals surface area contributed by atoms with Crippen LogP contribution in [-0.2, 0) is 65.4 Å². The Hall–Kier alpha value is -1.94. The SMILES string of the molecule is CCCCCCCCCCCCCCCCCCCCCCCC(=O)O[C@H](COC(=O)CCCCCCCCCCCCCCC(C)C)COP(=O)(O)OC[C@@H](O)COP(=O)(O)OC[C@@H](COC(=O)CCCCCCC)OC(=O)CCCCCCCCCCCCCCCCC. The molecule has 0 rings (SSSR count). The van der Waals surface area contributed by atoms with Crippen molar-refractivity contribution >= 4 is 39.5 Å². The van der Waals surface area contributed by atoms with Crippen LogP contribution in [0, 0.1) is 5.92 Å². The lowest BCUT2D eigenvalue weighted by Crippen LogP contribution is -2.30. The number of esters is 4. The highest BCUT2D eigenvalue weighted by Crippen LogP contribution is 2.45. The fourth-order valence-electron chi connectivity index (χ4n) is 11.9. The topological polar surface area (TPSA) is 237 Å². The second-order valence-corrected chi connectivity index (χ2v) is 31.1. The Morgan fingerprint density at radius 2 is 0.479 bits per heavy atom. The summed E-state index contributed by atoms with van der Waals surface area (Å²) < 4.78 is 68.3. The Kier molecular flexibility index (Phi) is 68.7. The van der Waals surface area contributed by atoms with Crippen LogP contribution in [-0.4, -0.2) is 96.7 Å². The molecule has 2 unspecified atom stereocenters. The Morgan fingerprint density at radius 1 is 0.281 bits per heavy atom. The number of carbonyl (C=O) groups is 4. The first-order chi connectivity index (χ1) is 46.5. The van der Waals surface area contributed by atoms with Gasteiger partial charge in [-0.1, -0.05) is 356 Å². The summed E-state index contributed by atoms with van der Waals surface area (Å²) in [5, 5.41) is 10.6. The third-order valence-corrected chi connectivity index (χ3v) is 19.9. The molecule has 0 fully saturated rings. The van der Waals surface area contributed by atoms with E-state index in [9.17, 15) is 43.2 Å². The van der Waals surface area contributed by atoms with Crippen LogP contribution in [0.5, 0.6) is 0 Å². The number of phosphoric ester groups is 2. The molecule has 5 atom stereocenters. The van der Waals surface area contributed by atoms with Gasteiger partial charge in [0.05, 0.1) is 26.4 Å². The molecule has 570 valence electrons. The first-order valence-corrected chi connectivity index (χ1v) is 43.1. The summed E-state index contributed by atoms with van der Waals surface area (Å²) in [7, 11) is -9.90. The van der Waals surface area contributed by atoms with Gasteiger partial charge in [0.1, 0.15) is 19.3 Å². The van der Waals surface area contributed by atoms with Gasteiger partial charge in [-0.2, -0.15) is 0 Å². The number of carbonyl (C=O) groups excluding carboxylic acids is 4. The van der Waals surface area contributed by atoms with Crippen molar-refractivity contribution in [2.75, 3.05) is 39.6 Å². The van der Waals surface area contributed by atoms with Crippen LogP contribution in [0.1, 0.15) is 407 Å². The fraction of sp³-hybridized carbons (Fsp3) is 0.948. The van der Waals surface area contributed by atoms with Crippen LogP contribution in [0.3, 0.4) is 0 Å².